The van der Waals surface area contributed by atoms with Crippen LogP contribution in [0, 0.1) is 0 Å². The van der Waals surface area contributed by atoms with E-state index in [1.165, 1.54) is 32.1 Å². The van der Waals surface area contributed by atoms with E-state index >= 15 is 0 Å². The van der Waals surface area contributed by atoms with Crippen molar-refractivity contribution >= 4 is 0 Å². The van der Waals surface area contributed by atoms with Gasteiger partial charge in [0.2, 0.25) is 0 Å². The van der Waals surface area contributed by atoms with Crippen LogP contribution < -0.4 is 5.32 Å². The van der Waals surface area contributed by atoms with Crippen LogP contribution in [0.3, 0.4) is 0 Å². The summed E-state index contributed by atoms with van der Waals surface area (Å²) in [7, 11) is 0. The van der Waals surface area contributed by atoms with Crippen molar-refractivity contribution in [2.24, 2.45) is 0 Å². The van der Waals surface area contributed by atoms with Crippen LogP contribution in [0.2, 0.25) is 0 Å². The molecule has 1 saturated carbocycles. The second-order valence-electron chi connectivity index (χ2n) is 6.11. The Labute approximate surface area is 115 Å². The minimum absolute atomic E-state index is 0.351. The van der Waals surface area contributed by atoms with Gasteiger partial charge >= 0.3 is 0 Å². The van der Waals surface area contributed by atoms with Crippen LogP contribution in [0.1, 0.15) is 44.9 Å². The fourth-order valence-electron chi connectivity index (χ4n) is 3.58. The van der Waals surface area contributed by atoms with Crippen LogP contribution in [0.25, 0.3) is 0 Å². The minimum Gasteiger partial charge on any atom is -0.311 e. The Hall–Kier alpha value is -1.00. The Morgan fingerprint density at radius 2 is 2.00 bits per heavy atom. The number of aromatic nitrogens is 2. The lowest BCUT2D eigenvalue weighted by Gasteiger charge is -2.51. The van der Waals surface area contributed by atoms with Crippen molar-refractivity contribution in [3.63, 3.8) is 0 Å². The molecule has 1 atom stereocenters. The highest BCUT2D eigenvalue weighted by atomic mass is 15.3. The molecule has 2 fully saturated rings. The molecule has 1 unspecified atom stereocenters. The molecule has 0 amide bonds. The van der Waals surface area contributed by atoms with E-state index < -0.39 is 0 Å². The summed E-state index contributed by atoms with van der Waals surface area (Å²) in [6.45, 7) is 5.40. The summed E-state index contributed by atoms with van der Waals surface area (Å²) in [5, 5.41) is 3.68. The molecule has 104 valence electrons. The topological polar surface area (TPSA) is 41.1 Å². The highest BCUT2D eigenvalue weighted by Crippen LogP contribution is 2.35. The summed E-state index contributed by atoms with van der Waals surface area (Å²) < 4.78 is 0. The lowest BCUT2D eigenvalue weighted by atomic mass is 9.78. The number of rotatable bonds is 2. The summed E-state index contributed by atoms with van der Waals surface area (Å²) in [6.07, 6.45) is 10.5. The number of nitrogens with zero attached hydrogens (tertiary/aromatic N) is 3. The SMILES string of the molecule is CC1CN(Cc2ncccn2)C2(CCCCC2)CN1. The number of hydrogen-bond donors (Lipinski definition) is 1. The normalized spacial score (nSPS) is 27.5. The molecule has 1 aliphatic heterocycles. The Balaban J connectivity index is 1.78. The number of hydrogen-bond acceptors (Lipinski definition) is 4. The lowest BCUT2D eigenvalue weighted by molar-refractivity contribution is 0.00434. The zero-order valence-electron chi connectivity index (χ0n) is 11.8. The average molecular weight is 260 g/mol. The molecule has 2 heterocycles. The van der Waals surface area contributed by atoms with Crippen LogP contribution in [0.15, 0.2) is 18.5 Å². The van der Waals surface area contributed by atoms with Gasteiger partial charge in [-0.1, -0.05) is 19.3 Å². The monoisotopic (exact) mass is 260 g/mol. The Morgan fingerprint density at radius 1 is 1.26 bits per heavy atom. The Bertz CT molecular complexity index is 400. The van der Waals surface area contributed by atoms with Gasteiger partial charge < -0.3 is 5.32 Å². The first kappa shape index (κ1) is 13.0. The third-order valence-corrected chi connectivity index (χ3v) is 4.68. The summed E-state index contributed by atoms with van der Waals surface area (Å²) in [4.78, 5) is 11.4. The molecule has 19 heavy (non-hydrogen) atoms. The first-order valence-electron chi connectivity index (χ1n) is 7.53. The summed E-state index contributed by atoms with van der Waals surface area (Å²) in [6, 6.07) is 2.46. The van der Waals surface area contributed by atoms with Gasteiger partial charge in [0.15, 0.2) is 0 Å². The van der Waals surface area contributed by atoms with Gasteiger partial charge in [-0.2, -0.15) is 0 Å². The zero-order valence-corrected chi connectivity index (χ0v) is 11.8. The van der Waals surface area contributed by atoms with Gasteiger partial charge in [-0.15, -0.1) is 0 Å². The number of nitrogens with one attached hydrogen (secondary N) is 1. The molecule has 1 aromatic rings. The smallest absolute Gasteiger partial charge is 0.142 e. The number of piperazine rings is 1. The van der Waals surface area contributed by atoms with Crippen molar-refractivity contribution in [2.75, 3.05) is 13.1 Å². The molecule has 1 N–H and O–H groups in total. The second kappa shape index (κ2) is 5.55. The summed E-state index contributed by atoms with van der Waals surface area (Å²) in [5.41, 5.74) is 0.351. The molecule has 0 bridgehead atoms. The quantitative estimate of drug-likeness (QED) is 0.882. The molecule has 0 aromatic carbocycles. The van der Waals surface area contributed by atoms with Crippen LogP contribution in [-0.4, -0.2) is 39.5 Å². The van der Waals surface area contributed by atoms with Crippen LogP contribution in [0.4, 0.5) is 0 Å². The maximum absolute atomic E-state index is 4.40. The van der Waals surface area contributed by atoms with Crippen molar-refractivity contribution < 1.29 is 0 Å². The minimum atomic E-state index is 0.351. The molecule has 1 aromatic heterocycles. The fraction of sp³-hybridized carbons (Fsp3) is 0.733. The molecule has 4 heteroatoms. The van der Waals surface area contributed by atoms with Crippen LogP contribution in [-0.2, 0) is 6.54 Å². The van der Waals surface area contributed by atoms with Gasteiger partial charge in [-0.3, -0.25) is 4.90 Å². The summed E-state index contributed by atoms with van der Waals surface area (Å²) >= 11 is 0. The maximum Gasteiger partial charge on any atom is 0.142 e. The zero-order chi connectivity index (χ0) is 13.1. The van der Waals surface area contributed by atoms with E-state index in [0.717, 1.165) is 25.5 Å². The first-order chi connectivity index (χ1) is 9.28. The molecular formula is C15H24N4. The van der Waals surface area contributed by atoms with Gasteiger partial charge in [0, 0.05) is 37.1 Å². The van der Waals surface area contributed by atoms with Crippen molar-refractivity contribution in [3.8, 4) is 0 Å². The Kier molecular flexibility index (Phi) is 3.80. The highest BCUT2D eigenvalue weighted by Gasteiger charge is 2.41. The molecule has 0 radical (unpaired) electrons. The van der Waals surface area contributed by atoms with Gasteiger partial charge in [-0.05, 0) is 25.8 Å². The second-order valence-corrected chi connectivity index (χ2v) is 6.11. The predicted octanol–water partition coefficient (Wildman–Crippen LogP) is 1.97. The van der Waals surface area contributed by atoms with Gasteiger partial charge in [0.05, 0.1) is 6.54 Å². The van der Waals surface area contributed by atoms with E-state index in [-0.39, 0.29) is 0 Å². The molecule has 2 aliphatic rings. The maximum atomic E-state index is 4.40. The van der Waals surface area contributed by atoms with E-state index in [1.54, 1.807) is 0 Å². The predicted molar refractivity (Wildman–Crippen MR) is 75.7 cm³/mol. The van der Waals surface area contributed by atoms with Gasteiger partial charge in [0.25, 0.3) is 0 Å². The standard InChI is InChI=1S/C15H24N4/c1-13-10-19(11-14-16-8-5-9-17-14)15(12-18-13)6-3-2-4-7-15/h5,8-9,13,18H,2-4,6-7,10-12H2,1H3. The van der Waals surface area contributed by atoms with E-state index in [2.05, 4.69) is 27.1 Å². The lowest BCUT2D eigenvalue weighted by Crippen LogP contribution is -2.64. The molecule has 1 aliphatic carbocycles. The van der Waals surface area contributed by atoms with E-state index in [4.69, 9.17) is 0 Å². The molecule has 1 spiro atoms. The Morgan fingerprint density at radius 3 is 2.74 bits per heavy atom. The van der Waals surface area contributed by atoms with Crippen LogP contribution >= 0.6 is 0 Å². The first-order valence-corrected chi connectivity index (χ1v) is 7.53. The van der Waals surface area contributed by atoms with Crippen molar-refractivity contribution in [2.45, 2.75) is 57.2 Å². The van der Waals surface area contributed by atoms with Gasteiger partial charge in [0.1, 0.15) is 5.82 Å². The molecule has 3 rings (SSSR count). The van der Waals surface area contributed by atoms with Crippen molar-refractivity contribution in [3.05, 3.63) is 24.3 Å². The van der Waals surface area contributed by atoms with E-state index in [0.29, 0.717) is 11.6 Å². The fourth-order valence-corrected chi connectivity index (χ4v) is 3.58. The average Bonchev–Trinajstić information content (AvgIpc) is 2.46. The van der Waals surface area contributed by atoms with Crippen molar-refractivity contribution in [1.82, 2.24) is 20.2 Å². The summed E-state index contributed by atoms with van der Waals surface area (Å²) in [5.74, 6) is 0.960. The van der Waals surface area contributed by atoms with Crippen LogP contribution in [0.5, 0.6) is 0 Å². The third kappa shape index (κ3) is 2.79. The van der Waals surface area contributed by atoms with E-state index in [9.17, 15) is 0 Å². The largest absolute Gasteiger partial charge is 0.311 e. The molecule has 1 saturated heterocycles. The molecule has 4 nitrogen and oxygen atoms in total. The third-order valence-electron chi connectivity index (χ3n) is 4.68. The molecular weight excluding hydrogens is 236 g/mol. The van der Waals surface area contributed by atoms with E-state index in [1.807, 2.05) is 18.5 Å². The van der Waals surface area contributed by atoms with Crippen molar-refractivity contribution in [1.29, 1.82) is 0 Å². The highest BCUT2D eigenvalue weighted by molar-refractivity contribution is 5.02. The van der Waals surface area contributed by atoms with Gasteiger partial charge in [-0.25, -0.2) is 9.97 Å².